The van der Waals surface area contributed by atoms with Crippen molar-refractivity contribution in [1.82, 2.24) is 10.2 Å². The van der Waals surface area contributed by atoms with E-state index in [2.05, 4.69) is 24.1 Å². The van der Waals surface area contributed by atoms with E-state index in [0.29, 0.717) is 18.1 Å². The number of likely N-dealkylation sites (tertiary alicyclic amines) is 1. The molecule has 1 saturated heterocycles. The van der Waals surface area contributed by atoms with Crippen LogP contribution in [0.25, 0.3) is 0 Å². The van der Waals surface area contributed by atoms with Gasteiger partial charge in [-0.1, -0.05) is 26.2 Å². The quantitative estimate of drug-likeness (QED) is 0.760. The number of nitrogens with zero attached hydrogens (tertiary/aromatic N) is 1. The molecule has 98 valence electrons. The molecule has 2 rings (SSSR count). The third-order valence-corrected chi connectivity index (χ3v) is 4.75. The first kappa shape index (κ1) is 13.1. The molecule has 2 atom stereocenters. The Morgan fingerprint density at radius 1 is 1.18 bits per heavy atom. The van der Waals surface area contributed by atoms with Gasteiger partial charge in [-0.15, -0.1) is 0 Å². The van der Waals surface area contributed by atoms with Gasteiger partial charge in [0.1, 0.15) is 0 Å². The van der Waals surface area contributed by atoms with Crippen molar-refractivity contribution in [1.29, 1.82) is 0 Å². The zero-order chi connectivity index (χ0) is 12.3. The molecule has 2 unspecified atom stereocenters. The third kappa shape index (κ3) is 3.12. The van der Waals surface area contributed by atoms with Crippen molar-refractivity contribution < 1.29 is 0 Å². The van der Waals surface area contributed by atoms with E-state index in [1.807, 2.05) is 0 Å². The van der Waals surface area contributed by atoms with Crippen molar-refractivity contribution in [3.05, 3.63) is 0 Å². The second-order valence-electron chi connectivity index (χ2n) is 5.68. The molecule has 3 heteroatoms. The molecule has 0 bridgehead atoms. The van der Waals surface area contributed by atoms with Crippen LogP contribution in [0.2, 0.25) is 0 Å². The smallest absolute Gasteiger partial charge is 0.169 e. The molecule has 0 amide bonds. The number of rotatable bonds is 2. The molecule has 1 aliphatic heterocycles. The fourth-order valence-electron chi connectivity index (χ4n) is 3.33. The van der Waals surface area contributed by atoms with Gasteiger partial charge in [0, 0.05) is 18.1 Å². The highest BCUT2D eigenvalue weighted by Gasteiger charge is 2.31. The molecule has 2 nitrogen and oxygen atoms in total. The van der Waals surface area contributed by atoms with E-state index in [1.54, 1.807) is 0 Å². The summed E-state index contributed by atoms with van der Waals surface area (Å²) in [7, 11) is 0. The van der Waals surface area contributed by atoms with Crippen LogP contribution in [0.15, 0.2) is 0 Å². The highest BCUT2D eigenvalue weighted by atomic mass is 32.1. The molecular formula is C14H26N2S. The van der Waals surface area contributed by atoms with E-state index in [-0.39, 0.29) is 0 Å². The summed E-state index contributed by atoms with van der Waals surface area (Å²) in [6, 6.07) is 1.94. The number of thiocarbonyl (C=S) groups is 1. The summed E-state index contributed by atoms with van der Waals surface area (Å²) in [4.78, 5) is 2.46. The van der Waals surface area contributed by atoms with Crippen LogP contribution in [0.3, 0.4) is 0 Å². The molecule has 0 aromatic rings. The van der Waals surface area contributed by atoms with E-state index < -0.39 is 0 Å². The molecule has 0 radical (unpaired) electrons. The molecule has 2 fully saturated rings. The van der Waals surface area contributed by atoms with Gasteiger partial charge in [0.05, 0.1) is 0 Å². The first-order chi connectivity index (χ1) is 8.22. The van der Waals surface area contributed by atoms with Crippen molar-refractivity contribution in [3.63, 3.8) is 0 Å². The minimum Gasteiger partial charge on any atom is -0.360 e. The van der Waals surface area contributed by atoms with Crippen LogP contribution in [0, 0.1) is 0 Å². The van der Waals surface area contributed by atoms with Crippen LogP contribution in [-0.2, 0) is 0 Å². The van der Waals surface area contributed by atoms with Crippen LogP contribution < -0.4 is 5.32 Å². The molecule has 0 aromatic heterocycles. The molecule has 0 spiro atoms. The lowest BCUT2D eigenvalue weighted by molar-refractivity contribution is 0.304. The lowest BCUT2D eigenvalue weighted by Gasteiger charge is -2.34. The largest absolute Gasteiger partial charge is 0.360 e. The average Bonchev–Trinajstić information content (AvgIpc) is 2.71. The molecular weight excluding hydrogens is 228 g/mol. The van der Waals surface area contributed by atoms with Gasteiger partial charge in [-0.05, 0) is 51.2 Å². The Morgan fingerprint density at radius 3 is 2.53 bits per heavy atom. The van der Waals surface area contributed by atoms with E-state index in [4.69, 9.17) is 12.2 Å². The lowest BCUT2D eigenvalue weighted by atomic mass is 9.96. The van der Waals surface area contributed by atoms with Gasteiger partial charge >= 0.3 is 0 Å². The fourth-order valence-corrected chi connectivity index (χ4v) is 3.83. The van der Waals surface area contributed by atoms with E-state index in [9.17, 15) is 0 Å². The molecule has 1 saturated carbocycles. The van der Waals surface area contributed by atoms with E-state index in [0.717, 1.165) is 5.11 Å². The number of hydrogen-bond donors (Lipinski definition) is 1. The van der Waals surface area contributed by atoms with Crippen LogP contribution in [-0.4, -0.2) is 28.1 Å². The zero-order valence-corrected chi connectivity index (χ0v) is 12.1. The summed E-state index contributed by atoms with van der Waals surface area (Å²) < 4.78 is 0. The van der Waals surface area contributed by atoms with Crippen molar-refractivity contribution >= 4 is 17.3 Å². The second kappa shape index (κ2) is 6.03. The molecule has 2 aliphatic rings. The predicted octanol–water partition coefficient (Wildman–Crippen LogP) is 3.46. The first-order valence-electron chi connectivity index (χ1n) is 7.31. The van der Waals surface area contributed by atoms with Gasteiger partial charge in [0.2, 0.25) is 0 Å². The Hall–Kier alpha value is -0.310. The average molecular weight is 254 g/mol. The van der Waals surface area contributed by atoms with Crippen LogP contribution in [0.1, 0.15) is 65.2 Å². The van der Waals surface area contributed by atoms with Gasteiger partial charge in [0.25, 0.3) is 0 Å². The predicted molar refractivity (Wildman–Crippen MR) is 77.2 cm³/mol. The highest BCUT2D eigenvalue weighted by Crippen LogP contribution is 2.26. The van der Waals surface area contributed by atoms with Crippen LogP contribution in [0.5, 0.6) is 0 Å². The zero-order valence-electron chi connectivity index (χ0n) is 11.2. The van der Waals surface area contributed by atoms with Crippen molar-refractivity contribution in [2.24, 2.45) is 0 Å². The first-order valence-corrected chi connectivity index (χ1v) is 7.72. The number of nitrogens with one attached hydrogen (secondary N) is 1. The molecule has 1 heterocycles. The Bertz CT molecular complexity index is 261. The number of hydrogen-bond acceptors (Lipinski definition) is 1. The molecule has 0 aromatic carbocycles. The van der Waals surface area contributed by atoms with E-state index >= 15 is 0 Å². The topological polar surface area (TPSA) is 15.3 Å². The minimum atomic E-state index is 0.628. The minimum absolute atomic E-state index is 0.628. The van der Waals surface area contributed by atoms with Gasteiger partial charge in [-0.25, -0.2) is 0 Å². The van der Waals surface area contributed by atoms with Gasteiger partial charge in [-0.2, -0.15) is 0 Å². The standard InChI is InChI=1S/C14H26N2S/c1-3-13-10-9-11(2)16(13)14(17)15-12-7-5-4-6-8-12/h11-13H,3-10H2,1-2H3,(H,15,17). The fraction of sp³-hybridized carbons (Fsp3) is 0.929. The van der Waals surface area contributed by atoms with Crippen molar-refractivity contribution in [2.75, 3.05) is 0 Å². The summed E-state index contributed by atoms with van der Waals surface area (Å²) in [5.41, 5.74) is 0. The van der Waals surface area contributed by atoms with Gasteiger partial charge in [-0.3, -0.25) is 0 Å². The molecule has 1 N–H and O–H groups in total. The summed E-state index contributed by atoms with van der Waals surface area (Å²) in [6.07, 6.45) is 10.6. The summed E-state index contributed by atoms with van der Waals surface area (Å²) in [5.74, 6) is 0. The third-order valence-electron chi connectivity index (χ3n) is 4.42. The summed E-state index contributed by atoms with van der Waals surface area (Å²) >= 11 is 5.63. The Labute approximate surface area is 111 Å². The monoisotopic (exact) mass is 254 g/mol. The van der Waals surface area contributed by atoms with Crippen molar-refractivity contribution in [2.45, 2.75) is 83.3 Å². The van der Waals surface area contributed by atoms with Crippen molar-refractivity contribution in [3.8, 4) is 0 Å². The Balaban J connectivity index is 1.89. The molecule has 1 aliphatic carbocycles. The Kier molecular flexibility index (Phi) is 4.66. The Morgan fingerprint density at radius 2 is 1.88 bits per heavy atom. The van der Waals surface area contributed by atoms with E-state index in [1.165, 1.54) is 51.4 Å². The van der Waals surface area contributed by atoms with Gasteiger partial charge < -0.3 is 10.2 Å². The maximum atomic E-state index is 5.63. The van der Waals surface area contributed by atoms with Crippen LogP contribution in [0.4, 0.5) is 0 Å². The van der Waals surface area contributed by atoms with Gasteiger partial charge in [0.15, 0.2) is 5.11 Å². The summed E-state index contributed by atoms with van der Waals surface area (Å²) in [5, 5.41) is 4.63. The highest BCUT2D eigenvalue weighted by molar-refractivity contribution is 7.80. The normalized spacial score (nSPS) is 30.6. The summed E-state index contributed by atoms with van der Waals surface area (Å²) in [6.45, 7) is 4.59. The van der Waals surface area contributed by atoms with Crippen LogP contribution >= 0.6 is 12.2 Å². The molecule has 17 heavy (non-hydrogen) atoms. The lowest BCUT2D eigenvalue weighted by Crippen LogP contribution is -2.49. The maximum Gasteiger partial charge on any atom is 0.169 e. The second-order valence-corrected chi connectivity index (χ2v) is 6.07. The SMILES string of the molecule is CCC1CCC(C)N1C(=S)NC1CCCCC1. The maximum absolute atomic E-state index is 5.63.